The van der Waals surface area contributed by atoms with Crippen molar-refractivity contribution in [3.05, 3.63) is 58.5 Å². The molecule has 27 heavy (non-hydrogen) atoms. The molecule has 5 nitrogen and oxygen atoms in total. The maximum atomic E-state index is 13.2. The highest BCUT2D eigenvalue weighted by Gasteiger charge is 2.38. The summed E-state index contributed by atoms with van der Waals surface area (Å²) in [5.41, 5.74) is 0.381. The lowest BCUT2D eigenvalue weighted by atomic mass is 10.1. The van der Waals surface area contributed by atoms with Crippen molar-refractivity contribution < 1.29 is 17.6 Å². The number of furan rings is 1. The van der Waals surface area contributed by atoms with Crippen molar-refractivity contribution >= 4 is 27.3 Å². The molecule has 0 N–H and O–H groups in total. The first-order chi connectivity index (χ1) is 12.8. The van der Waals surface area contributed by atoms with E-state index < -0.39 is 9.84 Å². The van der Waals surface area contributed by atoms with E-state index in [1.54, 1.807) is 29.2 Å². The van der Waals surface area contributed by atoms with Crippen LogP contribution in [0.15, 0.2) is 40.8 Å². The monoisotopic (exact) mass is 407 g/mol. The van der Waals surface area contributed by atoms with Crippen molar-refractivity contribution in [1.29, 1.82) is 0 Å². The van der Waals surface area contributed by atoms with Crippen LogP contribution in [-0.4, -0.2) is 36.8 Å². The van der Waals surface area contributed by atoms with Gasteiger partial charge in [-0.1, -0.05) is 30.7 Å². The number of carbonyl (C=O) groups excluding carboxylic acids is 1. The zero-order chi connectivity index (χ0) is 19.2. The van der Waals surface area contributed by atoms with Crippen molar-refractivity contribution in [2.24, 2.45) is 5.92 Å². The van der Waals surface area contributed by atoms with Crippen molar-refractivity contribution in [2.45, 2.75) is 38.3 Å². The summed E-state index contributed by atoms with van der Waals surface area (Å²) in [7, 11) is -3.12. The Hall–Kier alpha value is -1.79. The zero-order valence-corrected chi connectivity index (χ0v) is 16.7. The zero-order valence-electron chi connectivity index (χ0n) is 15.1. The van der Waals surface area contributed by atoms with Crippen molar-refractivity contribution in [3.63, 3.8) is 0 Å². The lowest BCUT2D eigenvalue weighted by Gasteiger charge is -2.28. The first-order valence-electron chi connectivity index (χ1n) is 9.18. The van der Waals surface area contributed by atoms with Crippen LogP contribution >= 0.6 is 11.6 Å². The van der Waals surface area contributed by atoms with Crippen LogP contribution in [0.25, 0.3) is 0 Å². The van der Waals surface area contributed by atoms with Gasteiger partial charge in [-0.15, -0.1) is 0 Å². The van der Waals surface area contributed by atoms with E-state index in [1.165, 1.54) is 0 Å². The molecular formula is C20H22ClNO4S. The van der Waals surface area contributed by atoms with E-state index in [2.05, 4.69) is 6.92 Å². The molecule has 3 atom stereocenters. The maximum absolute atomic E-state index is 13.2. The van der Waals surface area contributed by atoms with Gasteiger partial charge in [-0.05, 0) is 43.0 Å². The average molecular weight is 408 g/mol. The Morgan fingerprint density at radius 2 is 2.00 bits per heavy atom. The number of nitrogens with zero attached hydrogens (tertiary/aromatic N) is 1. The van der Waals surface area contributed by atoms with Crippen LogP contribution in [0.5, 0.6) is 0 Å². The molecule has 1 aliphatic heterocycles. The molecule has 0 radical (unpaired) electrons. The second kappa shape index (κ2) is 6.99. The molecule has 1 aromatic heterocycles. The molecule has 7 heteroatoms. The fourth-order valence-corrected chi connectivity index (χ4v) is 5.69. The van der Waals surface area contributed by atoms with E-state index in [4.69, 9.17) is 16.0 Å². The highest BCUT2D eigenvalue weighted by Crippen LogP contribution is 2.47. The Balaban J connectivity index is 1.61. The number of carbonyl (C=O) groups is 1. The molecule has 2 aromatic rings. The molecular weight excluding hydrogens is 386 g/mol. The van der Waals surface area contributed by atoms with E-state index in [0.29, 0.717) is 34.6 Å². The number of halogens is 1. The van der Waals surface area contributed by atoms with Gasteiger partial charge in [-0.2, -0.15) is 0 Å². The summed E-state index contributed by atoms with van der Waals surface area (Å²) in [4.78, 5) is 14.8. The molecule has 1 aliphatic carbocycles. The minimum atomic E-state index is -3.12. The van der Waals surface area contributed by atoms with Crippen molar-refractivity contribution in [1.82, 2.24) is 4.90 Å². The fourth-order valence-electron chi connectivity index (χ4n) is 3.74. The average Bonchev–Trinajstić information content (AvgIpc) is 3.02. The normalized spacial score (nSPS) is 26.1. The number of hydrogen-bond acceptors (Lipinski definition) is 4. The number of amides is 1. The molecule has 0 spiro atoms. The molecule has 1 saturated heterocycles. The molecule has 2 fully saturated rings. The number of benzene rings is 1. The summed E-state index contributed by atoms with van der Waals surface area (Å²) < 4.78 is 29.9. The number of hydrogen-bond donors (Lipinski definition) is 0. The quantitative estimate of drug-likeness (QED) is 0.754. The van der Waals surface area contributed by atoms with Crippen molar-refractivity contribution in [3.8, 4) is 0 Å². The van der Waals surface area contributed by atoms with Gasteiger partial charge in [0.25, 0.3) is 5.91 Å². The lowest BCUT2D eigenvalue weighted by molar-refractivity contribution is 0.0665. The van der Waals surface area contributed by atoms with Crippen LogP contribution in [-0.2, 0) is 16.4 Å². The van der Waals surface area contributed by atoms with Gasteiger partial charge in [0.1, 0.15) is 11.5 Å². The van der Waals surface area contributed by atoms with Gasteiger partial charge in [0.15, 0.2) is 9.84 Å². The van der Waals surface area contributed by atoms with Crippen LogP contribution in [0.3, 0.4) is 0 Å². The van der Waals surface area contributed by atoms with Gasteiger partial charge in [-0.25, -0.2) is 8.42 Å². The Morgan fingerprint density at radius 1 is 1.26 bits per heavy atom. The van der Waals surface area contributed by atoms with Crippen LogP contribution in [0, 0.1) is 5.92 Å². The van der Waals surface area contributed by atoms with E-state index in [0.717, 1.165) is 12.2 Å². The van der Waals surface area contributed by atoms with Gasteiger partial charge in [0, 0.05) is 12.0 Å². The Labute approximate surface area is 164 Å². The Kier molecular flexibility index (Phi) is 4.80. The third kappa shape index (κ3) is 3.92. The van der Waals surface area contributed by atoms with E-state index >= 15 is 0 Å². The molecule has 2 heterocycles. The Bertz CT molecular complexity index is 968. The highest BCUT2D eigenvalue weighted by molar-refractivity contribution is 7.91. The largest absolute Gasteiger partial charge is 0.464 e. The van der Waals surface area contributed by atoms with Crippen LogP contribution in [0.4, 0.5) is 0 Å². The predicted octanol–water partition coefficient (Wildman–Crippen LogP) is 3.89. The van der Waals surface area contributed by atoms with Gasteiger partial charge < -0.3 is 9.32 Å². The summed E-state index contributed by atoms with van der Waals surface area (Å²) in [5.74, 6) is 2.53. The second-order valence-electron chi connectivity index (χ2n) is 7.59. The third-order valence-corrected chi connectivity index (χ3v) is 7.58. The lowest BCUT2D eigenvalue weighted by Crippen LogP contribution is -2.40. The minimum absolute atomic E-state index is 0.0174. The molecule has 144 valence electrons. The maximum Gasteiger partial charge on any atom is 0.256 e. The minimum Gasteiger partial charge on any atom is -0.464 e. The van der Waals surface area contributed by atoms with E-state index in [9.17, 15) is 13.2 Å². The number of rotatable bonds is 5. The topological polar surface area (TPSA) is 67.6 Å². The third-order valence-electron chi connectivity index (χ3n) is 5.50. The summed E-state index contributed by atoms with van der Waals surface area (Å²) in [6, 6.07) is 10.3. The first-order valence-corrected chi connectivity index (χ1v) is 11.4. The molecule has 1 saturated carbocycles. The second-order valence-corrected chi connectivity index (χ2v) is 10.2. The molecule has 3 unspecified atom stereocenters. The standard InChI is InChI=1S/C20H22ClNO4S/c1-13-10-17(13)19-7-6-15(26-19)11-22(14-8-9-27(24,25)12-14)20(23)16-4-2-3-5-18(16)21/h2-7,13-14,17H,8-12H2,1H3. The smallest absolute Gasteiger partial charge is 0.256 e. The summed E-state index contributed by atoms with van der Waals surface area (Å²) in [5, 5.41) is 0.361. The molecule has 4 rings (SSSR count). The first kappa shape index (κ1) is 18.6. The van der Waals surface area contributed by atoms with Crippen LogP contribution in [0.2, 0.25) is 5.02 Å². The van der Waals surface area contributed by atoms with E-state index in [1.807, 2.05) is 12.1 Å². The molecule has 1 amide bonds. The fraction of sp³-hybridized carbons (Fsp3) is 0.450. The SMILES string of the molecule is CC1CC1c1ccc(CN(C(=O)c2ccccc2Cl)C2CCS(=O)(=O)C2)o1. The Morgan fingerprint density at radius 3 is 2.63 bits per heavy atom. The van der Waals surface area contributed by atoms with Gasteiger partial charge in [-0.3, -0.25) is 4.79 Å². The highest BCUT2D eigenvalue weighted by atomic mass is 35.5. The molecule has 2 aliphatic rings. The van der Waals surface area contributed by atoms with Crippen molar-refractivity contribution in [2.75, 3.05) is 11.5 Å². The van der Waals surface area contributed by atoms with Gasteiger partial charge >= 0.3 is 0 Å². The van der Waals surface area contributed by atoms with Gasteiger partial charge in [0.05, 0.1) is 28.6 Å². The summed E-state index contributed by atoms with van der Waals surface area (Å²) in [6.45, 7) is 2.43. The van der Waals surface area contributed by atoms with E-state index in [-0.39, 0.29) is 30.0 Å². The predicted molar refractivity (Wildman–Crippen MR) is 104 cm³/mol. The van der Waals surface area contributed by atoms with Crippen LogP contribution < -0.4 is 0 Å². The molecule has 1 aromatic carbocycles. The number of sulfone groups is 1. The van der Waals surface area contributed by atoms with Gasteiger partial charge in [0.2, 0.25) is 0 Å². The molecule has 0 bridgehead atoms. The summed E-state index contributed by atoms with van der Waals surface area (Å²) in [6.07, 6.45) is 1.56. The van der Waals surface area contributed by atoms with Crippen LogP contribution in [0.1, 0.15) is 47.6 Å². The summed E-state index contributed by atoms with van der Waals surface area (Å²) >= 11 is 6.21.